The Bertz CT molecular complexity index is 610. The zero-order valence-corrected chi connectivity index (χ0v) is 8.36. The average Bonchev–Trinajstić information content (AvgIpc) is 2.68. The number of aromatic carboxylic acids is 1. The molecule has 4 heteroatoms. The lowest BCUT2D eigenvalue weighted by molar-refractivity contribution is 0.0699. The molecule has 16 heavy (non-hydrogen) atoms. The number of hydrogen-bond acceptors (Lipinski definition) is 2. The number of carboxylic acid groups (broad SMARTS) is 1. The summed E-state index contributed by atoms with van der Waals surface area (Å²) in [5.41, 5.74) is 1.99. The molecule has 0 amide bonds. The van der Waals surface area contributed by atoms with Crippen molar-refractivity contribution in [1.29, 1.82) is 0 Å². The highest BCUT2D eigenvalue weighted by molar-refractivity contribution is 6.04. The van der Waals surface area contributed by atoms with Crippen LogP contribution >= 0.6 is 0 Å². The monoisotopic (exact) mass is 215 g/mol. The van der Waals surface area contributed by atoms with Crippen molar-refractivity contribution in [3.8, 4) is 5.75 Å². The number of carbonyl (C=O) groups is 1. The summed E-state index contributed by atoms with van der Waals surface area (Å²) in [7, 11) is 0. The summed E-state index contributed by atoms with van der Waals surface area (Å²) in [6, 6.07) is 3.67. The van der Waals surface area contributed by atoms with Crippen LogP contribution in [0.2, 0.25) is 0 Å². The van der Waals surface area contributed by atoms with E-state index in [1.165, 1.54) is 6.20 Å². The van der Waals surface area contributed by atoms with Gasteiger partial charge in [0.1, 0.15) is 12.4 Å². The Morgan fingerprint density at radius 2 is 2.31 bits per heavy atom. The molecule has 0 atom stereocenters. The molecule has 2 N–H and O–H groups in total. The van der Waals surface area contributed by atoms with Gasteiger partial charge in [0, 0.05) is 23.2 Å². The van der Waals surface area contributed by atoms with E-state index in [-0.39, 0.29) is 5.56 Å². The molecule has 0 spiro atoms. The highest BCUT2D eigenvalue weighted by Crippen LogP contribution is 2.30. The minimum atomic E-state index is -0.924. The van der Waals surface area contributed by atoms with Crippen molar-refractivity contribution in [2.75, 3.05) is 6.61 Å². The fourth-order valence-corrected chi connectivity index (χ4v) is 1.91. The van der Waals surface area contributed by atoms with Crippen molar-refractivity contribution in [3.05, 3.63) is 35.5 Å². The van der Waals surface area contributed by atoms with Gasteiger partial charge in [-0.25, -0.2) is 4.79 Å². The standard InChI is InChI=1S/C12H9NO3/c14-12(15)9-6-13-10-5-11-7(4-8(9)10)2-1-3-16-11/h1-2,4-6,13H,3H2,(H,14,15). The number of benzene rings is 1. The van der Waals surface area contributed by atoms with Crippen LogP contribution in [0.3, 0.4) is 0 Å². The van der Waals surface area contributed by atoms with Gasteiger partial charge in [0.05, 0.1) is 11.1 Å². The van der Waals surface area contributed by atoms with Gasteiger partial charge in [-0.05, 0) is 12.1 Å². The van der Waals surface area contributed by atoms with Gasteiger partial charge in [-0.3, -0.25) is 0 Å². The highest BCUT2D eigenvalue weighted by atomic mass is 16.5. The predicted molar refractivity (Wildman–Crippen MR) is 59.8 cm³/mol. The first-order chi connectivity index (χ1) is 7.75. The maximum atomic E-state index is 11.0. The van der Waals surface area contributed by atoms with E-state index in [0.717, 1.165) is 16.8 Å². The van der Waals surface area contributed by atoms with Crippen LogP contribution in [0, 0.1) is 0 Å². The van der Waals surface area contributed by atoms with Crippen LogP contribution in [0.25, 0.3) is 17.0 Å². The summed E-state index contributed by atoms with van der Waals surface area (Å²) in [6.45, 7) is 0.561. The van der Waals surface area contributed by atoms with Crippen LogP contribution in [0.15, 0.2) is 24.4 Å². The summed E-state index contributed by atoms with van der Waals surface area (Å²) >= 11 is 0. The molecule has 1 aromatic carbocycles. The first-order valence-electron chi connectivity index (χ1n) is 4.93. The quantitative estimate of drug-likeness (QED) is 0.767. The van der Waals surface area contributed by atoms with Crippen molar-refractivity contribution in [2.45, 2.75) is 0 Å². The lowest BCUT2D eigenvalue weighted by atomic mass is 10.1. The average molecular weight is 215 g/mol. The molecule has 0 saturated carbocycles. The molecule has 0 saturated heterocycles. The third-order valence-electron chi connectivity index (χ3n) is 2.68. The zero-order valence-electron chi connectivity index (χ0n) is 8.36. The van der Waals surface area contributed by atoms with Gasteiger partial charge in [-0.1, -0.05) is 6.08 Å². The van der Waals surface area contributed by atoms with E-state index >= 15 is 0 Å². The first-order valence-corrected chi connectivity index (χ1v) is 4.93. The third-order valence-corrected chi connectivity index (χ3v) is 2.68. The van der Waals surface area contributed by atoms with Crippen LogP contribution in [-0.2, 0) is 0 Å². The van der Waals surface area contributed by atoms with Crippen LogP contribution in [0.1, 0.15) is 15.9 Å². The minimum absolute atomic E-state index is 0.289. The molecule has 1 aliphatic heterocycles. The normalized spacial score (nSPS) is 13.5. The zero-order chi connectivity index (χ0) is 11.1. The molecule has 0 bridgehead atoms. The van der Waals surface area contributed by atoms with Crippen LogP contribution in [-0.4, -0.2) is 22.7 Å². The topological polar surface area (TPSA) is 62.3 Å². The van der Waals surface area contributed by atoms with E-state index in [4.69, 9.17) is 9.84 Å². The minimum Gasteiger partial charge on any atom is -0.489 e. The number of nitrogens with one attached hydrogen (secondary N) is 1. The van der Waals surface area contributed by atoms with Crippen molar-refractivity contribution < 1.29 is 14.6 Å². The summed E-state index contributed by atoms with van der Waals surface area (Å²) in [5.74, 6) is -0.138. The smallest absolute Gasteiger partial charge is 0.337 e. The maximum absolute atomic E-state index is 11.0. The molecule has 0 unspecified atom stereocenters. The maximum Gasteiger partial charge on any atom is 0.337 e. The molecule has 80 valence electrons. The molecule has 0 fully saturated rings. The Morgan fingerprint density at radius 1 is 1.44 bits per heavy atom. The molecule has 0 radical (unpaired) electrons. The summed E-state index contributed by atoms with van der Waals surface area (Å²) in [6.07, 6.45) is 5.35. The number of rotatable bonds is 1. The molecule has 2 heterocycles. The molecule has 1 aliphatic rings. The number of fused-ring (bicyclic) bond motifs is 2. The summed E-state index contributed by atoms with van der Waals surface area (Å²) in [5, 5.41) is 9.72. The van der Waals surface area contributed by atoms with Crippen LogP contribution in [0.5, 0.6) is 5.75 Å². The van der Waals surface area contributed by atoms with Gasteiger partial charge >= 0.3 is 5.97 Å². The SMILES string of the molecule is O=C(O)c1c[nH]c2cc3c(cc12)C=CCO3. The van der Waals surface area contributed by atoms with E-state index in [0.29, 0.717) is 12.0 Å². The Balaban J connectivity index is 2.31. The van der Waals surface area contributed by atoms with Gasteiger partial charge < -0.3 is 14.8 Å². The van der Waals surface area contributed by atoms with Gasteiger partial charge in [-0.15, -0.1) is 0 Å². The molecule has 4 nitrogen and oxygen atoms in total. The van der Waals surface area contributed by atoms with Gasteiger partial charge in [-0.2, -0.15) is 0 Å². The number of aromatic amines is 1. The second kappa shape index (κ2) is 3.13. The third kappa shape index (κ3) is 1.20. The second-order valence-corrected chi connectivity index (χ2v) is 3.66. The fourth-order valence-electron chi connectivity index (χ4n) is 1.91. The van der Waals surface area contributed by atoms with Crippen molar-refractivity contribution in [1.82, 2.24) is 4.98 Å². The highest BCUT2D eigenvalue weighted by Gasteiger charge is 2.14. The van der Waals surface area contributed by atoms with E-state index < -0.39 is 5.97 Å². The Labute approximate surface area is 91.2 Å². The molecular formula is C12H9NO3. The lowest BCUT2D eigenvalue weighted by Gasteiger charge is -2.12. The number of carboxylic acids is 1. The van der Waals surface area contributed by atoms with E-state index in [1.807, 2.05) is 24.3 Å². The van der Waals surface area contributed by atoms with E-state index in [2.05, 4.69) is 4.98 Å². The van der Waals surface area contributed by atoms with Gasteiger partial charge in [0.15, 0.2) is 0 Å². The molecule has 2 aromatic rings. The Hall–Kier alpha value is -2.23. The van der Waals surface area contributed by atoms with Gasteiger partial charge in [0.2, 0.25) is 0 Å². The number of aromatic nitrogens is 1. The lowest BCUT2D eigenvalue weighted by Crippen LogP contribution is -2.00. The molecule has 0 aliphatic carbocycles. The summed E-state index contributed by atoms with van der Waals surface area (Å²) < 4.78 is 5.45. The Kier molecular flexibility index (Phi) is 1.77. The fraction of sp³-hybridized carbons (Fsp3) is 0.0833. The van der Waals surface area contributed by atoms with Crippen molar-refractivity contribution in [2.24, 2.45) is 0 Å². The number of H-pyrrole nitrogens is 1. The molecule has 3 rings (SSSR count). The van der Waals surface area contributed by atoms with E-state index in [9.17, 15) is 4.79 Å². The molecule has 1 aromatic heterocycles. The van der Waals surface area contributed by atoms with Crippen LogP contribution < -0.4 is 4.74 Å². The first kappa shape index (κ1) is 9.03. The van der Waals surface area contributed by atoms with Crippen molar-refractivity contribution in [3.63, 3.8) is 0 Å². The second-order valence-electron chi connectivity index (χ2n) is 3.66. The predicted octanol–water partition coefficient (Wildman–Crippen LogP) is 2.27. The number of ether oxygens (including phenoxy) is 1. The molecular weight excluding hydrogens is 206 g/mol. The van der Waals surface area contributed by atoms with Gasteiger partial charge in [0.25, 0.3) is 0 Å². The Morgan fingerprint density at radius 3 is 3.12 bits per heavy atom. The number of hydrogen-bond donors (Lipinski definition) is 2. The summed E-state index contributed by atoms with van der Waals surface area (Å²) in [4.78, 5) is 13.9. The van der Waals surface area contributed by atoms with Crippen LogP contribution in [0.4, 0.5) is 0 Å². The van der Waals surface area contributed by atoms with E-state index in [1.54, 1.807) is 0 Å². The largest absolute Gasteiger partial charge is 0.489 e. The van der Waals surface area contributed by atoms with Crippen molar-refractivity contribution >= 4 is 22.9 Å².